The molecule has 0 aromatic heterocycles. The van der Waals surface area contributed by atoms with Crippen LogP contribution in [0.2, 0.25) is 0 Å². The molecule has 1 aliphatic heterocycles. The zero-order valence-electron chi connectivity index (χ0n) is 8.89. The van der Waals surface area contributed by atoms with Gasteiger partial charge in [-0.25, -0.2) is 5.01 Å². The van der Waals surface area contributed by atoms with Crippen LogP contribution < -0.4 is 0 Å². The standard InChI is InChI=1S/C10H20N2/c1-6-7-10-8(2)11(4)12(5)9(10)3/h8H,6-7H2,1-5H3. The molecule has 0 saturated heterocycles. The lowest BCUT2D eigenvalue weighted by Gasteiger charge is -2.26. The summed E-state index contributed by atoms with van der Waals surface area (Å²) in [6.07, 6.45) is 2.49. The fourth-order valence-corrected chi connectivity index (χ4v) is 1.89. The fourth-order valence-electron chi connectivity index (χ4n) is 1.89. The van der Waals surface area contributed by atoms with Gasteiger partial charge in [-0.3, -0.25) is 0 Å². The zero-order valence-corrected chi connectivity index (χ0v) is 8.89. The van der Waals surface area contributed by atoms with Crippen molar-refractivity contribution in [2.24, 2.45) is 0 Å². The zero-order chi connectivity index (χ0) is 9.30. The van der Waals surface area contributed by atoms with Crippen molar-refractivity contribution >= 4 is 0 Å². The molecule has 0 N–H and O–H groups in total. The van der Waals surface area contributed by atoms with E-state index in [0.29, 0.717) is 6.04 Å². The normalized spacial score (nSPS) is 25.8. The molecule has 1 rings (SSSR count). The Balaban J connectivity index is 2.80. The van der Waals surface area contributed by atoms with Crippen molar-refractivity contribution in [3.05, 3.63) is 11.3 Å². The maximum absolute atomic E-state index is 2.29. The molecule has 0 radical (unpaired) electrons. The van der Waals surface area contributed by atoms with Gasteiger partial charge in [0.25, 0.3) is 0 Å². The Morgan fingerprint density at radius 3 is 2.25 bits per heavy atom. The Morgan fingerprint density at radius 1 is 1.33 bits per heavy atom. The van der Waals surface area contributed by atoms with E-state index in [1.807, 2.05) is 0 Å². The summed E-state index contributed by atoms with van der Waals surface area (Å²) in [5.74, 6) is 0. The Labute approximate surface area is 75.8 Å². The topological polar surface area (TPSA) is 6.48 Å². The summed E-state index contributed by atoms with van der Waals surface area (Å²) in [6, 6.07) is 0.593. The molecular weight excluding hydrogens is 148 g/mol. The van der Waals surface area contributed by atoms with Crippen molar-refractivity contribution in [2.75, 3.05) is 14.1 Å². The molecule has 1 heterocycles. The van der Waals surface area contributed by atoms with E-state index in [1.54, 1.807) is 5.57 Å². The quantitative estimate of drug-likeness (QED) is 0.624. The number of hydrazine groups is 1. The van der Waals surface area contributed by atoms with Crippen molar-refractivity contribution in [3.63, 3.8) is 0 Å². The summed E-state index contributed by atoms with van der Waals surface area (Å²) < 4.78 is 0. The van der Waals surface area contributed by atoms with E-state index in [1.165, 1.54) is 18.5 Å². The van der Waals surface area contributed by atoms with Gasteiger partial charge in [-0.15, -0.1) is 0 Å². The summed E-state index contributed by atoms with van der Waals surface area (Å²) in [7, 11) is 4.28. The molecule has 0 aromatic rings. The van der Waals surface area contributed by atoms with E-state index in [0.717, 1.165) is 0 Å². The van der Waals surface area contributed by atoms with Crippen LogP contribution in [0.5, 0.6) is 0 Å². The number of likely N-dealkylation sites (N-methyl/N-ethyl adjacent to an activating group) is 1. The highest BCUT2D eigenvalue weighted by Gasteiger charge is 2.27. The molecule has 1 aliphatic rings. The van der Waals surface area contributed by atoms with E-state index in [-0.39, 0.29) is 0 Å². The van der Waals surface area contributed by atoms with Crippen LogP contribution in [-0.4, -0.2) is 30.2 Å². The monoisotopic (exact) mass is 168 g/mol. The molecule has 0 aromatic carbocycles. The summed E-state index contributed by atoms with van der Waals surface area (Å²) in [4.78, 5) is 0. The highest BCUT2D eigenvalue weighted by Crippen LogP contribution is 2.28. The number of allylic oxidation sites excluding steroid dienone is 1. The first kappa shape index (κ1) is 9.59. The highest BCUT2D eigenvalue weighted by molar-refractivity contribution is 5.20. The van der Waals surface area contributed by atoms with Crippen LogP contribution in [0, 0.1) is 0 Å². The molecular formula is C10H20N2. The van der Waals surface area contributed by atoms with Gasteiger partial charge in [0.1, 0.15) is 0 Å². The van der Waals surface area contributed by atoms with Gasteiger partial charge in [0.15, 0.2) is 0 Å². The van der Waals surface area contributed by atoms with Gasteiger partial charge in [-0.2, -0.15) is 0 Å². The number of hydrogen-bond acceptors (Lipinski definition) is 2. The smallest absolute Gasteiger partial charge is 0.0491 e. The van der Waals surface area contributed by atoms with Crippen LogP contribution >= 0.6 is 0 Å². The maximum Gasteiger partial charge on any atom is 0.0491 e. The summed E-state index contributed by atoms with van der Waals surface area (Å²) in [5.41, 5.74) is 3.04. The third-order valence-electron chi connectivity index (χ3n) is 3.01. The second-order valence-corrected chi connectivity index (χ2v) is 3.63. The average Bonchev–Trinajstić information content (AvgIpc) is 2.23. The molecule has 0 fully saturated rings. The van der Waals surface area contributed by atoms with Crippen LogP contribution in [0.3, 0.4) is 0 Å². The predicted octanol–water partition coefficient (Wildman–Crippen LogP) is 2.24. The van der Waals surface area contributed by atoms with Gasteiger partial charge in [0.2, 0.25) is 0 Å². The lowest BCUT2D eigenvalue weighted by Crippen LogP contribution is -2.35. The number of rotatable bonds is 2. The third kappa shape index (κ3) is 1.36. The molecule has 1 unspecified atom stereocenters. The number of hydrogen-bond donors (Lipinski definition) is 0. The highest BCUT2D eigenvalue weighted by atomic mass is 15.6. The van der Waals surface area contributed by atoms with Gasteiger partial charge in [-0.05, 0) is 25.8 Å². The Hall–Kier alpha value is -0.500. The molecule has 2 nitrogen and oxygen atoms in total. The molecule has 2 heteroatoms. The second kappa shape index (κ2) is 3.48. The van der Waals surface area contributed by atoms with Crippen LogP contribution in [-0.2, 0) is 0 Å². The minimum Gasteiger partial charge on any atom is -0.313 e. The average molecular weight is 168 g/mol. The van der Waals surface area contributed by atoms with Gasteiger partial charge in [0, 0.05) is 25.8 Å². The van der Waals surface area contributed by atoms with Crippen molar-refractivity contribution in [2.45, 2.75) is 39.7 Å². The van der Waals surface area contributed by atoms with Gasteiger partial charge < -0.3 is 5.01 Å². The summed E-state index contributed by atoms with van der Waals surface area (Å²) in [5, 5.41) is 4.54. The molecule has 0 saturated carbocycles. The Kier molecular flexibility index (Phi) is 2.78. The Morgan fingerprint density at radius 2 is 1.92 bits per heavy atom. The lowest BCUT2D eigenvalue weighted by atomic mass is 10.0. The van der Waals surface area contributed by atoms with Gasteiger partial charge >= 0.3 is 0 Å². The van der Waals surface area contributed by atoms with Crippen molar-refractivity contribution in [3.8, 4) is 0 Å². The van der Waals surface area contributed by atoms with Gasteiger partial charge in [0.05, 0.1) is 0 Å². The van der Waals surface area contributed by atoms with Crippen molar-refractivity contribution in [1.29, 1.82) is 0 Å². The lowest BCUT2D eigenvalue weighted by molar-refractivity contribution is 0.0677. The van der Waals surface area contributed by atoms with E-state index in [4.69, 9.17) is 0 Å². The van der Waals surface area contributed by atoms with Crippen LogP contribution in [0.15, 0.2) is 11.3 Å². The molecule has 0 bridgehead atoms. The minimum absolute atomic E-state index is 0.593. The Bertz CT molecular complexity index is 196. The third-order valence-corrected chi connectivity index (χ3v) is 3.01. The first-order valence-corrected chi connectivity index (χ1v) is 4.75. The molecule has 0 amide bonds. The maximum atomic E-state index is 2.29. The van der Waals surface area contributed by atoms with Crippen molar-refractivity contribution in [1.82, 2.24) is 10.0 Å². The SMILES string of the molecule is CCCC1=C(C)N(C)N(C)C1C. The predicted molar refractivity (Wildman–Crippen MR) is 52.6 cm³/mol. The molecule has 0 aliphatic carbocycles. The fraction of sp³-hybridized carbons (Fsp3) is 0.800. The van der Waals surface area contributed by atoms with Crippen LogP contribution in [0.1, 0.15) is 33.6 Å². The molecule has 1 atom stereocenters. The van der Waals surface area contributed by atoms with E-state index < -0.39 is 0 Å². The largest absolute Gasteiger partial charge is 0.313 e. The molecule has 70 valence electrons. The first-order valence-electron chi connectivity index (χ1n) is 4.75. The number of nitrogens with zero attached hydrogens (tertiary/aromatic N) is 2. The molecule has 0 spiro atoms. The summed E-state index contributed by atoms with van der Waals surface area (Å²) in [6.45, 7) is 6.73. The summed E-state index contributed by atoms with van der Waals surface area (Å²) >= 11 is 0. The van der Waals surface area contributed by atoms with E-state index in [2.05, 4.69) is 44.9 Å². The second-order valence-electron chi connectivity index (χ2n) is 3.63. The molecule has 12 heavy (non-hydrogen) atoms. The van der Waals surface area contributed by atoms with Crippen LogP contribution in [0.25, 0.3) is 0 Å². The van der Waals surface area contributed by atoms with Crippen molar-refractivity contribution < 1.29 is 0 Å². The first-order chi connectivity index (χ1) is 5.59. The van der Waals surface area contributed by atoms with Crippen LogP contribution in [0.4, 0.5) is 0 Å². The van der Waals surface area contributed by atoms with E-state index >= 15 is 0 Å². The van der Waals surface area contributed by atoms with Gasteiger partial charge in [-0.1, -0.05) is 13.3 Å². The minimum atomic E-state index is 0.593. The van der Waals surface area contributed by atoms with E-state index in [9.17, 15) is 0 Å².